The highest BCUT2D eigenvalue weighted by Gasteiger charge is 2.13. The van der Waals surface area contributed by atoms with Crippen molar-refractivity contribution in [1.82, 2.24) is 5.32 Å². The van der Waals surface area contributed by atoms with E-state index >= 15 is 0 Å². The van der Waals surface area contributed by atoms with Gasteiger partial charge < -0.3 is 10.1 Å². The van der Waals surface area contributed by atoms with Crippen LogP contribution in [0.1, 0.15) is 27.0 Å². The van der Waals surface area contributed by atoms with Gasteiger partial charge in [0.15, 0.2) is 0 Å². The molecule has 5 aromatic carbocycles. The minimum Gasteiger partial charge on any atom is -0.457 e. The van der Waals surface area contributed by atoms with Crippen molar-refractivity contribution in [3.8, 4) is 22.6 Å². The first-order chi connectivity index (χ1) is 19.9. The van der Waals surface area contributed by atoms with Gasteiger partial charge in [0.2, 0.25) is 0 Å². The van der Waals surface area contributed by atoms with Crippen molar-refractivity contribution in [3.05, 3.63) is 159 Å². The van der Waals surface area contributed by atoms with E-state index in [0.29, 0.717) is 24.9 Å². The molecule has 0 bridgehead atoms. The molecule has 5 aromatic rings. The summed E-state index contributed by atoms with van der Waals surface area (Å²) < 4.78 is 20.9. The SMILES string of the molecule is O=C(NCCc1ccc(Oc2ccccc2)cc1)c1cc(Br)c(C[CH]c2cccc(-c3ccc(F)cc3)c2)c(Br)c1. The van der Waals surface area contributed by atoms with Crippen LogP contribution in [0, 0.1) is 12.2 Å². The van der Waals surface area contributed by atoms with Gasteiger partial charge >= 0.3 is 0 Å². The first-order valence-electron chi connectivity index (χ1n) is 13.2. The van der Waals surface area contributed by atoms with Gasteiger partial charge in [-0.25, -0.2) is 4.39 Å². The van der Waals surface area contributed by atoms with E-state index in [1.54, 1.807) is 12.1 Å². The number of carbonyl (C=O) groups is 1. The Bertz CT molecular complexity index is 1600. The summed E-state index contributed by atoms with van der Waals surface area (Å²) in [7, 11) is 0. The Hall–Kier alpha value is -3.74. The van der Waals surface area contributed by atoms with Crippen LogP contribution in [0.2, 0.25) is 0 Å². The highest BCUT2D eigenvalue weighted by molar-refractivity contribution is 9.11. The molecule has 41 heavy (non-hydrogen) atoms. The topological polar surface area (TPSA) is 38.3 Å². The number of nitrogens with one attached hydrogen (secondary N) is 1. The quantitative estimate of drug-likeness (QED) is 0.161. The molecule has 6 heteroatoms. The maximum atomic E-state index is 13.3. The van der Waals surface area contributed by atoms with Crippen LogP contribution in [-0.4, -0.2) is 12.5 Å². The lowest BCUT2D eigenvalue weighted by atomic mass is 9.99. The van der Waals surface area contributed by atoms with Crippen molar-refractivity contribution < 1.29 is 13.9 Å². The third kappa shape index (κ3) is 7.93. The molecule has 0 spiro atoms. The standard InChI is InChI=1S/C35H27Br2FNO2/c36-33-22-28(35(40)39-20-19-24-9-16-31(17-10-24)41-30-7-2-1-3-8-30)23-34(37)32(33)18-11-25-5-4-6-27(21-25)26-12-14-29(38)15-13-26/h1-17,21-23H,18-20H2,(H,39,40). The summed E-state index contributed by atoms with van der Waals surface area (Å²) in [6.07, 6.45) is 3.51. The lowest BCUT2D eigenvalue weighted by Crippen LogP contribution is -2.25. The van der Waals surface area contributed by atoms with E-state index in [0.717, 1.165) is 48.3 Å². The zero-order valence-electron chi connectivity index (χ0n) is 22.1. The Kier molecular flexibility index (Phi) is 9.65. The second-order valence-electron chi connectivity index (χ2n) is 9.52. The number of benzene rings is 5. The van der Waals surface area contributed by atoms with E-state index in [4.69, 9.17) is 4.74 Å². The van der Waals surface area contributed by atoms with E-state index in [1.165, 1.54) is 12.1 Å². The van der Waals surface area contributed by atoms with Crippen LogP contribution < -0.4 is 10.1 Å². The first-order valence-corrected chi connectivity index (χ1v) is 14.8. The van der Waals surface area contributed by atoms with E-state index in [-0.39, 0.29) is 11.7 Å². The van der Waals surface area contributed by atoms with Gasteiger partial charge in [0, 0.05) is 21.1 Å². The van der Waals surface area contributed by atoms with Crippen LogP contribution in [0.3, 0.4) is 0 Å². The molecule has 1 amide bonds. The number of amides is 1. The van der Waals surface area contributed by atoms with Gasteiger partial charge in [-0.1, -0.05) is 98.6 Å². The second-order valence-corrected chi connectivity index (χ2v) is 11.2. The van der Waals surface area contributed by atoms with E-state index in [9.17, 15) is 9.18 Å². The van der Waals surface area contributed by atoms with E-state index in [1.807, 2.05) is 84.9 Å². The molecule has 0 saturated carbocycles. The molecule has 0 atom stereocenters. The normalized spacial score (nSPS) is 10.8. The zero-order valence-corrected chi connectivity index (χ0v) is 25.3. The van der Waals surface area contributed by atoms with Crippen LogP contribution >= 0.6 is 31.9 Å². The van der Waals surface area contributed by atoms with Gasteiger partial charge in [0.1, 0.15) is 17.3 Å². The van der Waals surface area contributed by atoms with E-state index < -0.39 is 0 Å². The smallest absolute Gasteiger partial charge is 0.251 e. The van der Waals surface area contributed by atoms with E-state index in [2.05, 4.69) is 49.7 Å². The predicted molar refractivity (Wildman–Crippen MR) is 170 cm³/mol. The van der Waals surface area contributed by atoms with Gasteiger partial charge in [-0.05, 0) is 95.6 Å². The van der Waals surface area contributed by atoms with Crippen molar-refractivity contribution in [3.63, 3.8) is 0 Å². The average molecular weight is 672 g/mol. The Morgan fingerprint density at radius 1 is 0.756 bits per heavy atom. The fraction of sp³-hybridized carbons (Fsp3) is 0.0857. The molecule has 0 aliphatic rings. The minimum atomic E-state index is -0.247. The van der Waals surface area contributed by atoms with Crippen molar-refractivity contribution in [1.29, 1.82) is 0 Å². The molecule has 5 rings (SSSR count). The zero-order chi connectivity index (χ0) is 28.6. The summed E-state index contributed by atoms with van der Waals surface area (Å²) in [5.41, 5.74) is 5.80. The average Bonchev–Trinajstić information content (AvgIpc) is 2.98. The predicted octanol–water partition coefficient (Wildman–Crippen LogP) is 9.58. The maximum Gasteiger partial charge on any atom is 0.251 e. The Morgan fingerprint density at radius 3 is 2.15 bits per heavy atom. The number of para-hydroxylation sites is 1. The molecule has 0 fully saturated rings. The summed E-state index contributed by atoms with van der Waals surface area (Å²) in [6, 6.07) is 35.9. The molecule has 0 heterocycles. The highest BCUT2D eigenvalue weighted by atomic mass is 79.9. The lowest BCUT2D eigenvalue weighted by Gasteiger charge is -2.12. The number of halogens is 3. The van der Waals surface area contributed by atoms with Crippen molar-refractivity contribution in [2.24, 2.45) is 0 Å². The van der Waals surface area contributed by atoms with Gasteiger partial charge in [-0.3, -0.25) is 4.79 Å². The number of hydrogen-bond donors (Lipinski definition) is 1. The molecule has 1 N–H and O–H groups in total. The molecule has 0 saturated heterocycles. The molecule has 205 valence electrons. The van der Waals surface area contributed by atoms with Gasteiger partial charge in [0.05, 0.1) is 0 Å². The fourth-order valence-corrected chi connectivity index (χ4v) is 5.92. The molecule has 0 aliphatic carbocycles. The largest absolute Gasteiger partial charge is 0.457 e. The number of carbonyl (C=O) groups excluding carboxylic acids is 1. The summed E-state index contributed by atoms with van der Waals surface area (Å²) >= 11 is 7.31. The summed E-state index contributed by atoms with van der Waals surface area (Å²) in [5.74, 6) is 1.20. The third-order valence-electron chi connectivity index (χ3n) is 6.61. The number of rotatable bonds is 10. The molecular formula is C35H27Br2FNO2. The van der Waals surface area contributed by atoms with Gasteiger partial charge in [-0.2, -0.15) is 0 Å². The van der Waals surface area contributed by atoms with Crippen LogP contribution in [0.5, 0.6) is 11.5 Å². The van der Waals surface area contributed by atoms with Crippen LogP contribution in [-0.2, 0) is 12.8 Å². The molecular weight excluding hydrogens is 645 g/mol. The fourth-order valence-electron chi connectivity index (χ4n) is 4.41. The minimum absolute atomic E-state index is 0.127. The van der Waals surface area contributed by atoms with Gasteiger partial charge in [-0.15, -0.1) is 0 Å². The third-order valence-corrected chi connectivity index (χ3v) is 8.03. The molecule has 3 nitrogen and oxygen atoms in total. The monoisotopic (exact) mass is 670 g/mol. The molecule has 0 aliphatic heterocycles. The lowest BCUT2D eigenvalue weighted by molar-refractivity contribution is 0.0954. The summed E-state index contributed by atoms with van der Waals surface area (Å²) in [6.45, 7) is 0.521. The van der Waals surface area contributed by atoms with Crippen molar-refractivity contribution in [2.45, 2.75) is 12.8 Å². The first kappa shape index (κ1) is 28.8. The second kappa shape index (κ2) is 13.7. The summed E-state index contributed by atoms with van der Waals surface area (Å²) in [5, 5.41) is 3.02. The summed E-state index contributed by atoms with van der Waals surface area (Å²) in [4.78, 5) is 12.9. The Balaban J connectivity index is 1.14. The van der Waals surface area contributed by atoms with Crippen LogP contribution in [0.15, 0.2) is 124 Å². The number of hydrogen-bond acceptors (Lipinski definition) is 2. The molecule has 0 aromatic heterocycles. The Morgan fingerprint density at radius 2 is 1.44 bits per heavy atom. The number of ether oxygens (including phenoxy) is 1. The van der Waals surface area contributed by atoms with Crippen LogP contribution in [0.4, 0.5) is 4.39 Å². The van der Waals surface area contributed by atoms with Gasteiger partial charge in [0.25, 0.3) is 5.91 Å². The highest BCUT2D eigenvalue weighted by Crippen LogP contribution is 2.30. The Labute approximate surface area is 256 Å². The van der Waals surface area contributed by atoms with Crippen molar-refractivity contribution in [2.75, 3.05) is 6.54 Å². The maximum absolute atomic E-state index is 13.3. The van der Waals surface area contributed by atoms with Crippen molar-refractivity contribution >= 4 is 37.8 Å². The molecule has 1 radical (unpaired) electrons. The van der Waals surface area contributed by atoms with Crippen LogP contribution in [0.25, 0.3) is 11.1 Å². The molecule has 0 unspecified atom stereocenters.